The minimum absolute atomic E-state index is 0.0277. The summed E-state index contributed by atoms with van der Waals surface area (Å²) in [4.78, 5) is 24.7. The highest BCUT2D eigenvalue weighted by molar-refractivity contribution is 9.10. The maximum atomic E-state index is 10.6. The fourth-order valence-corrected chi connectivity index (χ4v) is 3.55. The molecule has 0 aliphatic carbocycles. The summed E-state index contributed by atoms with van der Waals surface area (Å²) >= 11 is 3.49. The van der Waals surface area contributed by atoms with E-state index < -0.39 is 11.9 Å². The first kappa shape index (κ1) is 21.3. The molecule has 0 spiro atoms. The van der Waals surface area contributed by atoms with Gasteiger partial charge in [0, 0.05) is 27.5 Å². The van der Waals surface area contributed by atoms with Crippen LogP contribution in [0.25, 0.3) is 10.9 Å². The average molecular weight is 466 g/mol. The summed E-state index contributed by atoms with van der Waals surface area (Å²) in [5.41, 5.74) is 4.11. The van der Waals surface area contributed by atoms with E-state index in [4.69, 9.17) is 10.2 Å². The molecule has 0 amide bonds. The first-order valence-corrected chi connectivity index (χ1v) is 10.0. The Morgan fingerprint density at radius 1 is 0.867 bits per heavy atom. The summed E-state index contributed by atoms with van der Waals surface area (Å²) in [5.74, 6) is -2.22. The maximum absolute atomic E-state index is 10.6. The third-order valence-corrected chi connectivity index (χ3v) is 5.16. The van der Waals surface area contributed by atoms with Gasteiger partial charge in [-0.25, -0.2) is 9.59 Å². The summed E-state index contributed by atoms with van der Waals surface area (Å²) in [5, 5.41) is 18.6. The van der Waals surface area contributed by atoms with E-state index in [0.29, 0.717) is 0 Å². The zero-order valence-corrected chi connectivity index (χ0v) is 17.8. The van der Waals surface area contributed by atoms with Crippen LogP contribution in [0, 0.1) is 6.92 Å². The van der Waals surface area contributed by atoms with Gasteiger partial charge >= 0.3 is 11.9 Å². The minimum Gasteiger partial charge on any atom is -0.478 e. The topological polar surface area (TPSA) is 90.4 Å². The van der Waals surface area contributed by atoms with Gasteiger partial charge in [0.25, 0.3) is 0 Å². The Bertz CT molecular complexity index is 1170. The van der Waals surface area contributed by atoms with Crippen molar-refractivity contribution in [1.82, 2.24) is 4.98 Å². The molecule has 0 unspecified atom stereocenters. The minimum atomic E-state index is -1.11. The molecule has 0 atom stereocenters. The number of carbonyl (C=O) groups is 2. The number of rotatable bonds is 4. The second-order valence-corrected chi connectivity index (χ2v) is 7.69. The molecule has 0 radical (unpaired) electrons. The van der Waals surface area contributed by atoms with E-state index in [1.807, 2.05) is 6.07 Å². The fraction of sp³-hybridized carbons (Fsp3) is 0.0833. The van der Waals surface area contributed by atoms with Crippen LogP contribution in [-0.4, -0.2) is 27.1 Å². The van der Waals surface area contributed by atoms with E-state index in [9.17, 15) is 9.59 Å². The second-order valence-electron chi connectivity index (χ2n) is 6.78. The molecule has 152 valence electrons. The number of halogens is 1. The molecule has 0 saturated carbocycles. The Labute approximate surface area is 182 Å². The summed E-state index contributed by atoms with van der Waals surface area (Å²) in [6.45, 7) is 1.48. The van der Waals surface area contributed by atoms with Crippen molar-refractivity contribution in [1.29, 1.82) is 0 Å². The van der Waals surface area contributed by atoms with E-state index in [-0.39, 0.29) is 16.7 Å². The Balaban J connectivity index is 0.000000178. The number of carboxylic acids is 2. The molecule has 4 rings (SSSR count). The summed E-state index contributed by atoms with van der Waals surface area (Å²) in [7, 11) is 0. The van der Waals surface area contributed by atoms with E-state index in [1.165, 1.54) is 47.3 Å². The van der Waals surface area contributed by atoms with Gasteiger partial charge in [-0.1, -0.05) is 52.3 Å². The predicted octanol–water partition coefficient (Wildman–Crippen LogP) is 5.91. The number of H-pyrrole nitrogens is 1. The fourth-order valence-electron chi connectivity index (χ4n) is 3.17. The van der Waals surface area contributed by atoms with Crippen LogP contribution < -0.4 is 0 Å². The Hall–Kier alpha value is -3.38. The normalized spacial score (nSPS) is 10.3. The molecule has 6 heteroatoms. The van der Waals surface area contributed by atoms with Crippen LogP contribution >= 0.6 is 15.9 Å². The zero-order chi connectivity index (χ0) is 21.7. The number of aromatic carboxylic acids is 2. The molecule has 4 aromatic rings. The Morgan fingerprint density at radius 3 is 2.10 bits per heavy atom. The highest BCUT2D eigenvalue weighted by atomic mass is 79.9. The van der Waals surface area contributed by atoms with Gasteiger partial charge in [-0.3, -0.25) is 0 Å². The van der Waals surface area contributed by atoms with E-state index >= 15 is 0 Å². The van der Waals surface area contributed by atoms with Gasteiger partial charge in [0.15, 0.2) is 0 Å². The molecule has 3 N–H and O–H groups in total. The second kappa shape index (κ2) is 9.41. The number of fused-ring (bicyclic) bond motifs is 1. The number of hydrogen-bond donors (Lipinski definition) is 3. The van der Waals surface area contributed by atoms with Crippen LogP contribution in [0.15, 0.2) is 77.3 Å². The first-order valence-electron chi connectivity index (χ1n) is 9.22. The SMILES string of the molecule is Brc1ccc2[nH]c(Cc3ccccc3)cc2c1.Cc1c(C(=O)O)cccc1C(=O)O. The Kier molecular flexibility index (Phi) is 6.69. The Morgan fingerprint density at radius 2 is 1.50 bits per heavy atom. The van der Waals surface area contributed by atoms with Crippen molar-refractivity contribution in [3.05, 3.63) is 105 Å². The highest BCUT2D eigenvalue weighted by Gasteiger charge is 2.13. The van der Waals surface area contributed by atoms with Gasteiger partial charge in [0.05, 0.1) is 11.1 Å². The first-order chi connectivity index (χ1) is 14.3. The maximum Gasteiger partial charge on any atom is 0.335 e. The molecule has 0 aliphatic heterocycles. The van der Waals surface area contributed by atoms with Crippen molar-refractivity contribution in [3.8, 4) is 0 Å². The number of benzene rings is 3. The molecule has 0 bridgehead atoms. The molecule has 30 heavy (non-hydrogen) atoms. The van der Waals surface area contributed by atoms with Crippen molar-refractivity contribution in [2.45, 2.75) is 13.3 Å². The molecular formula is C24H20BrNO4. The number of aromatic nitrogens is 1. The van der Waals surface area contributed by atoms with Crippen LogP contribution in [0.2, 0.25) is 0 Å². The monoisotopic (exact) mass is 465 g/mol. The van der Waals surface area contributed by atoms with Gasteiger partial charge in [-0.2, -0.15) is 0 Å². The lowest BCUT2D eigenvalue weighted by molar-refractivity contribution is 0.0696. The molecule has 3 aromatic carbocycles. The van der Waals surface area contributed by atoms with Gasteiger partial charge in [-0.05, 0) is 54.4 Å². The van der Waals surface area contributed by atoms with Crippen molar-refractivity contribution < 1.29 is 19.8 Å². The van der Waals surface area contributed by atoms with E-state index in [1.54, 1.807) is 0 Å². The summed E-state index contributed by atoms with van der Waals surface area (Å²) in [6.07, 6.45) is 0.952. The number of hydrogen-bond acceptors (Lipinski definition) is 2. The van der Waals surface area contributed by atoms with Crippen molar-refractivity contribution >= 4 is 38.8 Å². The van der Waals surface area contributed by atoms with Gasteiger partial charge in [-0.15, -0.1) is 0 Å². The smallest absolute Gasteiger partial charge is 0.335 e. The molecule has 0 saturated heterocycles. The van der Waals surface area contributed by atoms with Gasteiger partial charge in [0.2, 0.25) is 0 Å². The van der Waals surface area contributed by atoms with Crippen molar-refractivity contribution in [2.75, 3.05) is 0 Å². The molecular weight excluding hydrogens is 446 g/mol. The van der Waals surface area contributed by atoms with Gasteiger partial charge in [0.1, 0.15) is 0 Å². The quantitative estimate of drug-likeness (QED) is 0.349. The van der Waals surface area contributed by atoms with Crippen molar-refractivity contribution in [2.24, 2.45) is 0 Å². The molecule has 5 nitrogen and oxygen atoms in total. The third-order valence-electron chi connectivity index (χ3n) is 4.67. The van der Waals surface area contributed by atoms with Gasteiger partial charge < -0.3 is 15.2 Å². The largest absolute Gasteiger partial charge is 0.478 e. The lowest BCUT2D eigenvalue weighted by Crippen LogP contribution is -2.06. The van der Waals surface area contributed by atoms with Crippen LogP contribution in [0.1, 0.15) is 37.5 Å². The summed E-state index contributed by atoms with van der Waals surface area (Å²) in [6, 6.07) is 23.2. The molecule has 1 aromatic heterocycles. The molecule has 0 aliphatic rings. The average Bonchev–Trinajstić information content (AvgIpc) is 3.10. The lowest BCUT2D eigenvalue weighted by Gasteiger charge is -2.03. The molecule has 1 heterocycles. The number of nitrogens with one attached hydrogen (secondary N) is 1. The van der Waals surface area contributed by atoms with E-state index in [2.05, 4.69) is 69.4 Å². The lowest BCUT2D eigenvalue weighted by atomic mass is 10.0. The van der Waals surface area contributed by atoms with Crippen LogP contribution in [0.5, 0.6) is 0 Å². The third kappa shape index (κ3) is 5.15. The van der Waals surface area contributed by atoms with Crippen LogP contribution in [0.4, 0.5) is 0 Å². The zero-order valence-electron chi connectivity index (χ0n) is 16.2. The number of aromatic amines is 1. The highest BCUT2D eigenvalue weighted by Crippen LogP contribution is 2.21. The predicted molar refractivity (Wildman–Crippen MR) is 120 cm³/mol. The molecule has 0 fully saturated rings. The van der Waals surface area contributed by atoms with Crippen molar-refractivity contribution in [3.63, 3.8) is 0 Å². The standard InChI is InChI=1S/C15H12BrN.C9H8O4/c16-13-6-7-15-12(9-13)10-14(17-15)8-11-4-2-1-3-5-11;1-5-6(8(10)11)3-2-4-7(5)9(12)13/h1-7,9-10,17H,8H2;2-4H,1H3,(H,10,11)(H,12,13). The van der Waals surface area contributed by atoms with E-state index in [0.717, 1.165) is 10.9 Å². The van der Waals surface area contributed by atoms with Crippen LogP contribution in [-0.2, 0) is 6.42 Å². The number of carboxylic acid groups (broad SMARTS) is 2. The van der Waals surface area contributed by atoms with Crippen LogP contribution in [0.3, 0.4) is 0 Å². The summed E-state index contributed by atoms with van der Waals surface area (Å²) < 4.78 is 1.12.